The number of hydrogen-bond donors (Lipinski definition) is 3. The minimum absolute atomic E-state index is 0. The molecule has 0 aromatic rings. The molecule has 44 heteroatoms. The van der Waals surface area contributed by atoms with Gasteiger partial charge in [-0.05, 0) is 142 Å². The number of fused-ring (bicyclic) bond motifs is 6. The predicted octanol–water partition coefficient (Wildman–Crippen LogP) is 9.56. The van der Waals surface area contributed by atoms with E-state index >= 15 is 0 Å². The maximum absolute atomic E-state index is 12.6. The first-order valence-corrected chi connectivity index (χ1v) is 78.0. The van der Waals surface area contributed by atoms with Crippen LogP contribution in [0.3, 0.4) is 0 Å². The quantitative estimate of drug-likeness (QED) is 0.0507. The molecule has 6 rings (SSSR count). The molecule has 6 aliphatic heterocycles. The van der Waals surface area contributed by atoms with Crippen LogP contribution in [0.5, 0.6) is 0 Å². The van der Waals surface area contributed by atoms with E-state index in [1.165, 1.54) is 0 Å². The van der Waals surface area contributed by atoms with Crippen molar-refractivity contribution in [2.45, 2.75) is 337 Å². The minimum atomic E-state index is -4.27. The molecule has 6 heterocycles. The summed E-state index contributed by atoms with van der Waals surface area (Å²) in [6, 6.07) is 5.29. The van der Waals surface area contributed by atoms with Crippen molar-refractivity contribution in [2.24, 2.45) is 82.9 Å². The smallest absolute Gasteiger partial charge is 1.00 e. The SMILES string of the molecule is CC(C)C[Si]1(O)O[Si]2(CC(C)C)O[Si](O)(CC(C)C)O[Si]3(CC(C)C)O[Si](O)(CC(C)C)O[Si](CC(C)C)(O1)O[Si](CC(C)C)(O2)O3.CC(C)C[Si]1(O[Si](C)(C)C)O[Si]2(CC(C)C)O[Si](CC(C)C)(O[Si](C)(C)C)O[Si]3(CC(C)C)O[Si](CC(C)C)(O[Si](C)(C)C)O[Si](CC(C)C)(O1)O[Si](CC(C)C)(O2)O3.[H-].[H-].[H-].[Na+].[Na+].[Na+]. The summed E-state index contributed by atoms with van der Waals surface area (Å²) < 4.78 is 158. The largest absolute Gasteiger partial charge is 1.00 e. The van der Waals surface area contributed by atoms with Crippen LogP contribution >= 0.6 is 0 Å². The van der Waals surface area contributed by atoms with E-state index in [2.05, 4.69) is 170 Å². The van der Waals surface area contributed by atoms with Crippen molar-refractivity contribution in [3.63, 3.8) is 0 Å². The molecule has 634 valence electrons. The summed E-state index contributed by atoms with van der Waals surface area (Å²) >= 11 is 0. The van der Waals surface area contributed by atoms with Gasteiger partial charge in [0, 0.05) is 84.6 Å². The van der Waals surface area contributed by atoms with Crippen LogP contribution in [0.4, 0.5) is 0 Å². The summed E-state index contributed by atoms with van der Waals surface area (Å²) in [7, 11) is -64.0. The Kier molecular flexibility index (Phi) is 43.0. The zero-order valence-corrected chi connectivity index (χ0v) is 99.4. The molecule has 0 spiro atoms. The van der Waals surface area contributed by atoms with Gasteiger partial charge in [-0.2, -0.15) is 0 Å². The van der Waals surface area contributed by atoms with Crippen molar-refractivity contribution in [3.05, 3.63) is 0 Å². The minimum Gasteiger partial charge on any atom is -1.00 e. The first-order chi connectivity index (χ1) is 47.7. The van der Waals surface area contributed by atoms with Crippen LogP contribution in [-0.4, -0.2) is 163 Å². The van der Waals surface area contributed by atoms with E-state index in [4.69, 9.17) is 86.4 Å². The Bertz CT molecular complexity index is 2470. The molecule has 0 amide bonds. The Labute approximate surface area is 754 Å². The van der Waals surface area contributed by atoms with Crippen LogP contribution in [0.1, 0.15) is 198 Å². The monoisotopic (exact) mass is 1870 g/mol. The van der Waals surface area contributed by atoms with Gasteiger partial charge < -0.3 is 105 Å². The van der Waals surface area contributed by atoms with Crippen molar-refractivity contribution in [2.75, 3.05) is 0 Å². The zero-order chi connectivity index (χ0) is 81.3. The number of hydrogen-bond acceptors (Lipinski definition) is 24. The van der Waals surface area contributed by atoms with Gasteiger partial charge in [0.05, 0.1) is 0 Å². The van der Waals surface area contributed by atoms with E-state index in [1.54, 1.807) is 0 Å². The standard InChI is InChI=1S/C37H90O12Si10.C28H66O12Si7.3Na.3H/c1-31(2)24-53(38-50(15,16)17)41-56(27-34(7)8)43-54(25-32(3)4,39-51(18,19)20)45-58(29-36(11)12)46-55(26-33(5)6,40-52(21,22)23)44-57(42-53,28-35(9)10)48-59(47-56,49-58)30-37(13)14;1-22(2)15-41(29)32-44(18-25(7)8)34-42(30,16-23(3)4)36-46(20-27(11)12)37-43(31,17-24(5)6)35-45(33-41,19-26(9)10)39-47(38-44,40-46)21-28(13)14;;;;;;/h31-37H,24-30H2,1-23H3;22-31H,15-21H2,1-14H3;;;;;;/q;;3*+1;3*-1. The molecule has 0 aliphatic carbocycles. The molecule has 0 radical (unpaired) electrons. The molecular formula is C65H159Na3O24Si17. The third-order valence-corrected chi connectivity index (χ3v) is 90.8. The average Bonchev–Trinajstić information content (AvgIpc) is 0.713. The van der Waals surface area contributed by atoms with E-state index in [1.807, 2.05) is 83.1 Å². The topological polar surface area (TPSA) is 255 Å². The Balaban J connectivity index is 0. The fourth-order valence-electron chi connectivity index (χ4n) is 15.1. The summed E-state index contributed by atoms with van der Waals surface area (Å²) in [4.78, 5) is 37.9. The van der Waals surface area contributed by atoms with Gasteiger partial charge in [-0.1, -0.05) is 194 Å². The van der Waals surface area contributed by atoms with E-state index < -0.39 is 148 Å². The molecule has 3 N–H and O–H groups in total. The summed E-state index contributed by atoms with van der Waals surface area (Å²) in [5.74, 6) is 0.851. The average molecular weight is 1870 g/mol. The van der Waals surface area contributed by atoms with Gasteiger partial charge >= 0.3 is 212 Å². The van der Waals surface area contributed by atoms with E-state index in [9.17, 15) is 14.4 Å². The molecule has 109 heavy (non-hydrogen) atoms. The summed E-state index contributed by atoms with van der Waals surface area (Å²) in [5.41, 5.74) is 0. The van der Waals surface area contributed by atoms with Crippen molar-refractivity contribution in [1.82, 2.24) is 0 Å². The van der Waals surface area contributed by atoms with Gasteiger partial charge in [0.1, 0.15) is 0 Å². The van der Waals surface area contributed by atoms with Crippen LogP contribution in [0.2, 0.25) is 144 Å². The Morgan fingerprint density at radius 1 is 0.193 bits per heavy atom. The molecular weight excluding hydrogens is 1710 g/mol. The molecule has 0 aromatic carbocycles. The molecule has 6 fully saturated rings. The van der Waals surface area contributed by atoms with E-state index in [-0.39, 0.29) is 212 Å². The van der Waals surface area contributed by atoms with Gasteiger partial charge in [0.15, 0.2) is 25.0 Å². The third kappa shape index (κ3) is 34.9. The molecule has 0 aromatic heterocycles. The second-order valence-electron chi connectivity index (χ2n) is 40.5. The third-order valence-electron chi connectivity index (χ3n) is 16.2. The van der Waals surface area contributed by atoms with Crippen LogP contribution in [0.15, 0.2) is 0 Å². The van der Waals surface area contributed by atoms with Crippen molar-refractivity contribution in [3.8, 4) is 0 Å². The van der Waals surface area contributed by atoms with Crippen LogP contribution in [0, 0.1) is 82.9 Å². The van der Waals surface area contributed by atoms with Gasteiger partial charge in [0.25, 0.3) is 0 Å². The van der Waals surface area contributed by atoms with Crippen molar-refractivity contribution < 1.29 is 194 Å². The maximum Gasteiger partial charge on any atom is 1.00 e. The second kappa shape index (κ2) is 42.4. The Hall–Kier alpha value is 5.73. The van der Waals surface area contributed by atoms with Gasteiger partial charge in [-0.15, -0.1) is 0 Å². The fourth-order valence-corrected chi connectivity index (χ4v) is 107. The first-order valence-electron chi connectivity index (χ1n) is 40.6. The van der Waals surface area contributed by atoms with Crippen LogP contribution < -0.4 is 88.7 Å². The Morgan fingerprint density at radius 3 is 0.413 bits per heavy atom. The molecule has 0 atom stereocenters. The first kappa shape index (κ1) is 111. The molecule has 0 unspecified atom stereocenters. The fraction of sp³-hybridized carbons (Fsp3) is 1.00. The Morgan fingerprint density at radius 2 is 0.303 bits per heavy atom. The summed E-state index contributed by atoms with van der Waals surface area (Å²) in [5, 5.41) is 0. The molecule has 8 bridgehead atoms. The molecule has 6 saturated heterocycles. The van der Waals surface area contributed by atoms with Crippen LogP contribution in [0.25, 0.3) is 0 Å². The number of rotatable bonds is 34. The second-order valence-corrected chi connectivity index (χ2v) is 95.3. The van der Waals surface area contributed by atoms with Crippen molar-refractivity contribution >= 4 is 148 Å². The van der Waals surface area contributed by atoms with Crippen molar-refractivity contribution in [1.29, 1.82) is 0 Å². The van der Waals surface area contributed by atoms with Crippen LogP contribution in [-0.2, 0) is 86.4 Å². The molecule has 24 nitrogen and oxygen atoms in total. The van der Waals surface area contributed by atoms with Gasteiger partial charge in [-0.25, -0.2) is 0 Å². The van der Waals surface area contributed by atoms with Gasteiger partial charge in [0.2, 0.25) is 0 Å². The van der Waals surface area contributed by atoms with Gasteiger partial charge in [-0.3, -0.25) is 0 Å². The predicted molar refractivity (Wildman–Crippen MR) is 458 cm³/mol. The normalized spacial score (nSPS) is 36.4. The summed E-state index contributed by atoms with van der Waals surface area (Å²) in [6.07, 6.45) is 0. The maximum atomic E-state index is 12.6. The zero-order valence-electron chi connectivity index (χ0n) is 79.4. The molecule has 0 saturated carbocycles. The molecule has 6 aliphatic rings. The van der Waals surface area contributed by atoms with E-state index in [0.29, 0.717) is 48.4 Å². The van der Waals surface area contributed by atoms with E-state index in [0.717, 1.165) is 0 Å². The summed E-state index contributed by atoms with van der Waals surface area (Å²) in [6.45, 7) is 78.9.